The van der Waals surface area contributed by atoms with Gasteiger partial charge < -0.3 is 10.4 Å². The maximum atomic E-state index is 13.2. The van der Waals surface area contributed by atoms with Gasteiger partial charge in [0.1, 0.15) is 5.82 Å². The normalized spacial score (nSPS) is 12.6. The number of carbonyl (C=O) groups excluding carboxylic acids is 1. The largest absolute Gasteiger partial charge is 0.391 e. The first kappa shape index (κ1) is 14.5. The highest BCUT2D eigenvalue weighted by atomic mass is 19.2. The van der Waals surface area contributed by atoms with E-state index in [1.807, 2.05) is 0 Å². The van der Waals surface area contributed by atoms with Gasteiger partial charge >= 0.3 is 0 Å². The molecule has 0 radical (unpaired) electrons. The highest BCUT2D eigenvalue weighted by molar-refractivity contribution is 5.94. The lowest BCUT2D eigenvalue weighted by molar-refractivity contribution is 0.0867. The molecule has 1 atom stereocenters. The molecular weight excluding hydrogens is 247 g/mol. The Morgan fingerprint density at radius 1 is 1.22 bits per heavy atom. The summed E-state index contributed by atoms with van der Waals surface area (Å²) in [6.07, 6.45) is -0.790. The maximum absolute atomic E-state index is 13.2. The van der Waals surface area contributed by atoms with E-state index in [1.54, 1.807) is 13.8 Å². The van der Waals surface area contributed by atoms with Crippen molar-refractivity contribution in [2.75, 3.05) is 6.54 Å². The molecule has 1 aromatic rings. The van der Waals surface area contributed by atoms with Gasteiger partial charge in [-0.15, -0.1) is 0 Å². The van der Waals surface area contributed by atoms with Gasteiger partial charge in [-0.3, -0.25) is 4.79 Å². The number of carbonyl (C=O) groups is 1. The minimum Gasteiger partial charge on any atom is -0.391 e. The highest BCUT2D eigenvalue weighted by Crippen LogP contribution is 2.13. The van der Waals surface area contributed by atoms with Crippen LogP contribution in [0.15, 0.2) is 12.1 Å². The number of aliphatic hydroxyl groups is 1. The molecule has 0 aliphatic carbocycles. The average molecular weight is 261 g/mol. The van der Waals surface area contributed by atoms with Gasteiger partial charge in [-0.2, -0.15) is 0 Å². The van der Waals surface area contributed by atoms with Crippen LogP contribution in [0.25, 0.3) is 0 Å². The fourth-order valence-corrected chi connectivity index (χ4v) is 1.22. The molecule has 0 saturated heterocycles. The number of nitrogens with one attached hydrogen (secondary N) is 1. The number of benzene rings is 1. The van der Waals surface area contributed by atoms with Gasteiger partial charge in [0.2, 0.25) is 0 Å². The summed E-state index contributed by atoms with van der Waals surface area (Å²) < 4.78 is 38.8. The van der Waals surface area contributed by atoms with E-state index in [4.69, 9.17) is 0 Å². The summed E-state index contributed by atoms with van der Waals surface area (Å²) in [4.78, 5) is 11.5. The molecule has 1 rings (SSSR count). The number of hydrogen-bond acceptors (Lipinski definition) is 2. The Kier molecular flexibility index (Phi) is 4.72. The van der Waals surface area contributed by atoms with Crippen LogP contribution in [0.4, 0.5) is 13.2 Å². The number of rotatable bonds is 4. The summed E-state index contributed by atoms with van der Waals surface area (Å²) in [5.74, 6) is -4.78. The van der Waals surface area contributed by atoms with Gasteiger partial charge in [-0.25, -0.2) is 13.2 Å². The Bertz CT molecular complexity index is 449. The predicted molar refractivity (Wildman–Crippen MR) is 59.5 cm³/mol. The van der Waals surface area contributed by atoms with Crippen molar-refractivity contribution in [3.8, 4) is 0 Å². The first-order valence-corrected chi connectivity index (χ1v) is 5.43. The smallest absolute Gasteiger partial charge is 0.254 e. The van der Waals surface area contributed by atoms with Crippen molar-refractivity contribution >= 4 is 5.91 Å². The van der Waals surface area contributed by atoms with Crippen LogP contribution in [0.1, 0.15) is 24.2 Å². The fraction of sp³-hybridized carbons (Fsp3) is 0.417. The molecule has 6 heteroatoms. The third-order valence-corrected chi connectivity index (χ3v) is 2.50. The van der Waals surface area contributed by atoms with Crippen molar-refractivity contribution < 1.29 is 23.1 Å². The molecule has 0 aliphatic rings. The molecule has 3 nitrogen and oxygen atoms in total. The molecule has 0 aromatic heterocycles. The third kappa shape index (κ3) is 3.46. The minimum atomic E-state index is -1.36. The van der Waals surface area contributed by atoms with Crippen molar-refractivity contribution in [3.63, 3.8) is 0 Å². The van der Waals surface area contributed by atoms with E-state index in [9.17, 15) is 23.1 Å². The highest BCUT2D eigenvalue weighted by Gasteiger charge is 2.17. The van der Waals surface area contributed by atoms with E-state index in [1.165, 1.54) is 0 Å². The zero-order chi connectivity index (χ0) is 13.9. The molecule has 18 heavy (non-hydrogen) atoms. The van der Waals surface area contributed by atoms with Gasteiger partial charge in [0, 0.05) is 12.6 Å². The standard InChI is InChI=1S/C12H14F3NO2/c1-6(2)11(17)5-16-12(18)7-3-9(14)10(15)4-8(7)13/h3-4,6,11,17H,5H2,1-2H3,(H,16,18). The minimum absolute atomic E-state index is 0.0832. The first-order chi connectivity index (χ1) is 8.32. The van der Waals surface area contributed by atoms with E-state index in [0.29, 0.717) is 12.1 Å². The number of aliphatic hydroxyl groups excluding tert-OH is 1. The molecule has 0 fully saturated rings. The summed E-state index contributed by atoms with van der Waals surface area (Å²) in [6.45, 7) is 3.40. The van der Waals surface area contributed by atoms with Crippen LogP contribution in [0.3, 0.4) is 0 Å². The molecular formula is C12H14F3NO2. The van der Waals surface area contributed by atoms with Gasteiger partial charge in [-0.05, 0) is 12.0 Å². The van der Waals surface area contributed by atoms with Crippen LogP contribution in [-0.4, -0.2) is 23.7 Å². The molecule has 2 N–H and O–H groups in total. The Hall–Kier alpha value is -1.56. The van der Waals surface area contributed by atoms with Gasteiger partial charge in [0.15, 0.2) is 11.6 Å². The molecule has 0 heterocycles. The Balaban J connectivity index is 2.76. The second kappa shape index (κ2) is 5.86. The number of hydrogen-bond donors (Lipinski definition) is 2. The zero-order valence-electron chi connectivity index (χ0n) is 10.0. The summed E-state index contributed by atoms with van der Waals surface area (Å²) in [7, 11) is 0. The van der Waals surface area contributed by atoms with Gasteiger partial charge in [-0.1, -0.05) is 13.8 Å². The zero-order valence-corrected chi connectivity index (χ0v) is 10.0. The van der Waals surface area contributed by atoms with Crippen LogP contribution >= 0.6 is 0 Å². The summed E-state index contributed by atoms with van der Waals surface area (Å²) in [5.41, 5.74) is -0.593. The van der Waals surface area contributed by atoms with Crippen LogP contribution in [0, 0.1) is 23.4 Å². The molecule has 0 aliphatic heterocycles. The van der Waals surface area contributed by atoms with Crippen molar-refractivity contribution in [2.24, 2.45) is 5.92 Å². The monoisotopic (exact) mass is 261 g/mol. The molecule has 1 unspecified atom stereocenters. The van der Waals surface area contributed by atoms with Crippen LogP contribution < -0.4 is 5.32 Å². The summed E-state index contributed by atoms with van der Waals surface area (Å²) >= 11 is 0. The molecule has 100 valence electrons. The second-order valence-electron chi connectivity index (χ2n) is 4.27. The van der Waals surface area contributed by atoms with Crippen molar-refractivity contribution in [1.29, 1.82) is 0 Å². The first-order valence-electron chi connectivity index (χ1n) is 5.43. The van der Waals surface area contributed by atoms with Crippen molar-refractivity contribution in [1.82, 2.24) is 5.32 Å². The predicted octanol–water partition coefficient (Wildman–Crippen LogP) is 1.85. The van der Waals surface area contributed by atoms with Crippen LogP contribution in [0.2, 0.25) is 0 Å². The molecule has 0 spiro atoms. The van der Waals surface area contributed by atoms with Gasteiger partial charge in [0.25, 0.3) is 5.91 Å². The lowest BCUT2D eigenvalue weighted by Gasteiger charge is -2.15. The second-order valence-corrected chi connectivity index (χ2v) is 4.27. The maximum Gasteiger partial charge on any atom is 0.254 e. The lowest BCUT2D eigenvalue weighted by Crippen LogP contribution is -2.35. The van der Waals surface area contributed by atoms with E-state index in [2.05, 4.69) is 5.32 Å². The number of amides is 1. The summed E-state index contributed by atoms with van der Waals surface area (Å²) in [6, 6.07) is 0.797. The topological polar surface area (TPSA) is 49.3 Å². The Morgan fingerprint density at radius 2 is 1.78 bits per heavy atom. The van der Waals surface area contributed by atoms with E-state index < -0.39 is 35.0 Å². The number of halogens is 3. The Labute approximate surface area is 103 Å². The Morgan fingerprint density at radius 3 is 2.33 bits per heavy atom. The van der Waals surface area contributed by atoms with Gasteiger partial charge in [0.05, 0.1) is 11.7 Å². The fourth-order valence-electron chi connectivity index (χ4n) is 1.22. The average Bonchev–Trinajstić information content (AvgIpc) is 2.30. The van der Waals surface area contributed by atoms with Crippen LogP contribution in [0.5, 0.6) is 0 Å². The molecule has 0 saturated carbocycles. The van der Waals surface area contributed by atoms with Crippen molar-refractivity contribution in [3.05, 3.63) is 35.1 Å². The SMILES string of the molecule is CC(C)C(O)CNC(=O)c1cc(F)c(F)cc1F. The lowest BCUT2D eigenvalue weighted by atomic mass is 10.1. The van der Waals surface area contributed by atoms with Crippen LogP contribution in [-0.2, 0) is 0 Å². The molecule has 1 amide bonds. The van der Waals surface area contributed by atoms with E-state index in [0.717, 1.165) is 0 Å². The van der Waals surface area contributed by atoms with Crippen molar-refractivity contribution in [2.45, 2.75) is 20.0 Å². The third-order valence-electron chi connectivity index (χ3n) is 2.50. The molecule has 0 bridgehead atoms. The molecule has 1 aromatic carbocycles. The van der Waals surface area contributed by atoms with E-state index >= 15 is 0 Å². The quantitative estimate of drug-likeness (QED) is 0.813. The summed E-state index contributed by atoms with van der Waals surface area (Å²) in [5, 5.41) is 11.7. The van der Waals surface area contributed by atoms with E-state index in [-0.39, 0.29) is 12.5 Å².